The summed E-state index contributed by atoms with van der Waals surface area (Å²) in [4.78, 5) is 19.0. The molecule has 0 bridgehead atoms. The summed E-state index contributed by atoms with van der Waals surface area (Å²) < 4.78 is 0.987. The van der Waals surface area contributed by atoms with E-state index in [1.54, 1.807) is 0 Å². The number of hydrogen-bond donors (Lipinski definition) is 2. The van der Waals surface area contributed by atoms with Crippen LogP contribution in [0.4, 0.5) is 5.69 Å². The number of aromatic nitrogens is 1. The number of carbonyl (C=O) groups excluding carboxylic acids is 1. The summed E-state index contributed by atoms with van der Waals surface area (Å²) in [5.41, 5.74) is 4.56. The Morgan fingerprint density at radius 1 is 1.24 bits per heavy atom. The van der Waals surface area contributed by atoms with Gasteiger partial charge in [-0.3, -0.25) is 10.1 Å². The number of nitrogens with one attached hydrogen (secondary N) is 2. The highest BCUT2D eigenvalue weighted by Gasteiger charge is 2.54. The van der Waals surface area contributed by atoms with Crippen LogP contribution in [0.2, 0.25) is 0 Å². The number of anilines is 1. The summed E-state index contributed by atoms with van der Waals surface area (Å²) in [7, 11) is 0. The number of hydrogen-bond acceptors (Lipinski definition) is 2. The lowest BCUT2D eigenvalue weighted by Crippen LogP contribution is -2.55. The molecular weight excluding hydrogens is 378 g/mol. The summed E-state index contributed by atoms with van der Waals surface area (Å²) in [5.74, 6) is 0.107. The topological polar surface area (TPSA) is 48.1 Å². The Hall–Kier alpha value is -2.11. The van der Waals surface area contributed by atoms with Crippen LogP contribution >= 0.6 is 15.9 Å². The monoisotopic (exact) mass is 395 g/mol. The van der Waals surface area contributed by atoms with E-state index in [0.717, 1.165) is 39.9 Å². The molecule has 2 aliphatic heterocycles. The number of nitrogens with zero attached hydrogens (tertiary/aromatic N) is 1. The summed E-state index contributed by atoms with van der Waals surface area (Å²) in [6.07, 6.45) is 0.920. The Balaban J connectivity index is 1.86. The maximum absolute atomic E-state index is 13.5. The second kappa shape index (κ2) is 5.19. The van der Waals surface area contributed by atoms with Crippen molar-refractivity contribution in [2.75, 3.05) is 18.0 Å². The van der Waals surface area contributed by atoms with Crippen molar-refractivity contribution in [2.45, 2.75) is 18.9 Å². The molecule has 2 N–H and O–H groups in total. The molecule has 0 aliphatic carbocycles. The van der Waals surface area contributed by atoms with Gasteiger partial charge < -0.3 is 9.88 Å². The maximum Gasteiger partial charge on any atom is 0.258 e. The zero-order valence-electron chi connectivity index (χ0n) is 13.9. The number of benzene rings is 2. The van der Waals surface area contributed by atoms with Gasteiger partial charge in [0.1, 0.15) is 0 Å². The van der Waals surface area contributed by atoms with Gasteiger partial charge in [-0.05, 0) is 43.2 Å². The van der Waals surface area contributed by atoms with Crippen LogP contribution in [-0.4, -0.2) is 24.0 Å². The number of rotatable bonds is 1. The predicted octanol–water partition coefficient (Wildman–Crippen LogP) is 3.69. The van der Waals surface area contributed by atoms with Gasteiger partial charge in [-0.15, -0.1) is 0 Å². The first kappa shape index (κ1) is 15.2. The highest BCUT2D eigenvalue weighted by molar-refractivity contribution is 9.10. The quantitative estimate of drug-likeness (QED) is 0.659. The molecule has 3 heterocycles. The number of para-hydroxylation sites is 1. The minimum Gasteiger partial charge on any atom is -0.356 e. The van der Waals surface area contributed by atoms with E-state index in [1.807, 2.05) is 30.0 Å². The van der Waals surface area contributed by atoms with Crippen LogP contribution in [0.1, 0.15) is 23.7 Å². The maximum atomic E-state index is 13.5. The molecule has 1 spiro atoms. The molecule has 25 heavy (non-hydrogen) atoms. The molecule has 0 saturated carbocycles. The zero-order chi connectivity index (χ0) is 17.2. The van der Waals surface area contributed by atoms with E-state index in [-0.39, 0.29) is 5.91 Å². The average molecular weight is 396 g/mol. The van der Waals surface area contributed by atoms with Crippen molar-refractivity contribution < 1.29 is 4.79 Å². The van der Waals surface area contributed by atoms with Crippen molar-refractivity contribution in [2.24, 2.45) is 0 Å². The first-order valence-corrected chi connectivity index (χ1v) is 9.43. The highest BCUT2D eigenvalue weighted by Crippen LogP contribution is 2.48. The Kier molecular flexibility index (Phi) is 3.15. The van der Waals surface area contributed by atoms with Crippen LogP contribution < -0.4 is 10.2 Å². The van der Waals surface area contributed by atoms with Gasteiger partial charge in [0.25, 0.3) is 5.91 Å². The lowest BCUT2D eigenvalue weighted by atomic mass is 9.82. The third-order valence-corrected chi connectivity index (χ3v) is 5.98. The zero-order valence-corrected chi connectivity index (χ0v) is 15.5. The van der Waals surface area contributed by atoms with Crippen molar-refractivity contribution >= 4 is 38.4 Å². The fraction of sp³-hybridized carbons (Fsp3) is 0.250. The van der Waals surface area contributed by atoms with Crippen LogP contribution in [0.15, 0.2) is 46.9 Å². The summed E-state index contributed by atoms with van der Waals surface area (Å²) in [5, 5.41) is 4.79. The molecule has 2 aromatic carbocycles. The van der Waals surface area contributed by atoms with E-state index in [0.29, 0.717) is 6.54 Å². The smallest absolute Gasteiger partial charge is 0.258 e. The van der Waals surface area contributed by atoms with Crippen molar-refractivity contribution in [1.82, 2.24) is 10.3 Å². The molecular formula is C20H18BrN3O. The Morgan fingerprint density at radius 2 is 2.08 bits per heavy atom. The number of carbonyl (C=O) groups is 1. The number of H-pyrrole nitrogens is 1. The van der Waals surface area contributed by atoms with Gasteiger partial charge in [-0.1, -0.05) is 34.1 Å². The van der Waals surface area contributed by atoms with Crippen molar-refractivity contribution in [3.8, 4) is 0 Å². The molecule has 0 fully saturated rings. The molecule has 5 rings (SSSR count). The first-order valence-electron chi connectivity index (χ1n) is 8.64. The lowest BCUT2D eigenvalue weighted by molar-refractivity contribution is -0.123. The molecule has 126 valence electrons. The van der Waals surface area contributed by atoms with E-state index < -0.39 is 5.54 Å². The molecule has 1 atom stereocenters. The second-order valence-electron chi connectivity index (χ2n) is 6.66. The molecule has 0 unspecified atom stereocenters. The summed E-state index contributed by atoms with van der Waals surface area (Å²) in [6.45, 7) is 3.47. The average Bonchev–Trinajstić information content (AvgIpc) is 3.11. The normalized spacial score (nSPS) is 21.8. The lowest BCUT2D eigenvalue weighted by Gasteiger charge is -2.34. The largest absolute Gasteiger partial charge is 0.356 e. The number of amides is 1. The van der Waals surface area contributed by atoms with Gasteiger partial charge in [0.2, 0.25) is 0 Å². The van der Waals surface area contributed by atoms with E-state index in [4.69, 9.17) is 0 Å². The van der Waals surface area contributed by atoms with Gasteiger partial charge in [-0.25, -0.2) is 0 Å². The van der Waals surface area contributed by atoms with Crippen LogP contribution in [0, 0.1) is 0 Å². The minimum atomic E-state index is -0.818. The van der Waals surface area contributed by atoms with E-state index >= 15 is 0 Å². The van der Waals surface area contributed by atoms with Gasteiger partial charge in [0.15, 0.2) is 5.54 Å². The molecule has 0 saturated heterocycles. The summed E-state index contributed by atoms with van der Waals surface area (Å²) in [6, 6.07) is 14.4. The Morgan fingerprint density at radius 3 is 2.92 bits per heavy atom. The number of fused-ring (bicyclic) bond motifs is 6. The van der Waals surface area contributed by atoms with E-state index in [1.165, 1.54) is 10.9 Å². The van der Waals surface area contributed by atoms with Gasteiger partial charge in [-0.2, -0.15) is 0 Å². The fourth-order valence-corrected chi connectivity index (χ4v) is 4.80. The Labute approximate surface area is 154 Å². The van der Waals surface area contributed by atoms with Crippen LogP contribution in [0.5, 0.6) is 0 Å². The molecule has 4 nitrogen and oxygen atoms in total. The number of likely N-dealkylation sites (N-methyl/N-ethyl adjacent to an activating group) is 1. The van der Waals surface area contributed by atoms with E-state index in [9.17, 15) is 4.79 Å². The second-order valence-corrected chi connectivity index (χ2v) is 7.58. The van der Waals surface area contributed by atoms with Gasteiger partial charge in [0, 0.05) is 39.7 Å². The SMILES string of the molecule is CCN1C(=O)[C@]2(NCCc3c2[nH]c2ccccc32)c2cc(Br)ccc21. The third-order valence-electron chi connectivity index (χ3n) is 5.49. The first-order chi connectivity index (χ1) is 12.2. The van der Waals surface area contributed by atoms with Crippen molar-refractivity contribution in [1.29, 1.82) is 0 Å². The molecule has 1 amide bonds. The van der Waals surface area contributed by atoms with Crippen LogP contribution in [0.3, 0.4) is 0 Å². The fourth-order valence-electron chi connectivity index (χ4n) is 4.44. The van der Waals surface area contributed by atoms with E-state index in [2.05, 4.69) is 50.5 Å². The molecule has 2 aliphatic rings. The molecule has 0 radical (unpaired) electrons. The number of halogens is 1. The van der Waals surface area contributed by atoms with Gasteiger partial charge >= 0.3 is 0 Å². The Bertz CT molecular complexity index is 1020. The van der Waals surface area contributed by atoms with Crippen LogP contribution in [-0.2, 0) is 16.8 Å². The van der Waals surface area contributed by atoms with Crippen molar-refractivity contribution in [3.05, 3.63) is 63.8 Å². The molecule has 5 heteroatoms. The minimum absolute atomic E-state index is 0.107. The molecule has 3 aromatic rings. The van der Waals surface area contributed by atoms with Crippen molar-refractivity contribution in [3.63, 3.8) is 0 Å². The number of aromatic amines is 1. The standard InChI is InChI=1S/C20H18BrN3O/c1-2-24-17-8-7-12(21)11-15(17)20(19(24)25)18-14(9-10-22-20)13-5-3-4-6-16(13)23-18/h3-8,11,22-23H,2,9-10H2,1H3/t20-/m0/s1. The molecule has 1 aromatic heterocycles. The van der Waals surface area contributed by atoms with Crippen LogP contribution in [0.25, 0.3) is 10.9 Å². The third kappa shape index (κ3) is 1.82. The summed E-state index contributed by atoms with van der Waals surface area (Å²) >= 11 is 3.58. The predicted molar refractivity (Wildman–Crippen MR) is 103 cm³/mol. The van der Waals surface area contributed by atoms with Gasteiger partial charge in [0.05, 0.1) is 5.69 Å². The highest BCUT2D eigenvalue weighted by atomic mass is 79.9.